The molecule has 1 amide bonds. The number of aryl methyl sites for hydroxylation is 2. The third-order valence-corrected chi connectivity index (χ3v) is 3.22. The minimum Gasteiger partial charge on any atom is -0.496 e. The van der Waals surface area contributed by atoms with Crippen LogP contribution in [0.3, 0.4) is 0 Å². The molecule has 0 saturated heterocycles. The van der Waals surface area contributed by atoms with Gasteiger partial charge in [0.15, 0.2) is 0 Å². The zero-order valence-corrected chi connectivity index (χ0v) is 11.8. The van der Waals surface area contributed by atoms with Crippen LogP contribution in [0.4, 0.5) is 0 Å². The van der Waals surface area contributed by atoms with Crippen molar-refractivity contribution >= 4 is 5.91 Å². The fourth-order valence-electron chi connectivity index (χ4n) is 1.99. The highest BCUT2D eigenvalue weighted by atomic mass is 16.5. The zero-order valence-electron chi connectivity index (χ0n) is 11.8. The van der Waals surface area contributed by atoms with Crippen LogP contribution in [-0.4, -0.2) is 23.2 Å². The van der Waals surface area contributed by atoms with Gasteiger partial charge < -0.3 is 10.1 Å². The molecule has 106 valence electrons. The van der Waals surface area contributed by atoms with Crippen molar-refractivity contribution in [1.82, 2.24) is 15.5 Å². The summed E-state index contributed by atoms with van der Waals surface area (Å²) in [5.41, 5.74) is 3.04. The first-order chi connectivity index (χ1) is 9.70. The van der Waals surface area contributed by atoms with Crippen molar-refractivity contribution in [2.24, 2.45) is 0 Å². The first-order valence-corrected chi connectivity index (χ1v) is 6.58. The van der Waals surface area contributed by atoms with Gasteiger partial charge in [-0.25, -0.2) is 0 Å². The number of aromatic nitrogens is 2. The Morgan fingerprint density at radius 2 is 2.15 bits per heavy atom. The van der Waals surface area contributed by atoms with Gasteiger partial charge in [-0.1, -0.05) is 18.2 Å². The standard InChI is InChI=1S/C15H19N3O2/c1-11-13(10-17-18-11)9-16-15(19)8-7-12-5-3-4-6-14(12)20-2/h3-6,10H,7-9H2,1-2H3,(H,16,19)(H,17,18). The molecule has 0 unspecified atom stereocenters. The molecule has 0 fully saturated rings. The maximum Gasteiger partial charge on any atom is 0.220 e. The lowest BCUT2D eigenvalue weighted by Gasteiger charge is -2.08. The number of hydrogen-bond donors (Lipinski definition) is 2. The number of rotatable bonds is 6. The first-order valence-electron chi connectivity index (χ1n) is 6.58. The monoisotopic (exact) mass is 273 g/mol. The molecule has 1 aromatic carbocycles. The van der Waals surface area contributed by atoms with Crippen molar-refractivity contribution in [1.29, 1.82) is 0 Å². The fourth-order valence-corrected chi connectivity index (χ4v) is 1.99. The molecule has 5 nitrogen and oxygen atoms in total. The number of methoxy groups -OCH3 is 1. The van der Waals surface area contributed by atoms with E-state index in [1.807, 2.05) is 31.2 Å². The summed E-state index contributed by atoms with van der Waals surface area (Å²) in [6.07, 6.45) is 2.84. The van der Waals surface area contributed by atoms with E-state index in [1.165, 1.54) is 0 Å². The number of ether oxygens (including phenoxy) is 1. The van der Waals surface area contributed by atoms with Gasteiger partial charge in [0.25, 0.3) is 0 Å². The predicted molar refractivity (Wildman–Crippen MR) is 76.5 cm³/mol. The van der Waals surface area contributed by atoms with E-state index < -0.39 is 0 Å². The Bertz CT molecular complexity index is 578. The third-order valence-electron chi connectivity index (χ3n) is 3.22. The van der Waals surface area contributed by atoms with Crippen molar-refractivity contribution < 1.29 is 9.53 Å². The molecule has 2 N–H and O–H groups in total. The molecule has 0 bridgehead atoms. The van der Waals surface area contributed by atoms with Crippen LogP contribution in [0.25, 0.3) is 0 Å². The minimum atomic E-state index is 0.0245. The van der Waals surface area contributed by atoms with Crippen molar-refractivity contribution in [2.75, 3.05) is 7.11 Å². The van der Waals surface area contributed by atoms with E-state index in [0.29, 0.717) is 19.4 Å². The van der Waals surface area contributed by atoms with E-state index in [0.717, 1.165) is 22.6 Å². The molecule has 2 rings (SSSR count). The van der Waals surface area contributed by atoms with Crippen LogP contribution in [0, 0.1) is 6.92 Å². The number of H-pyrrole nitrogens is 1. The number of nitrogens with zero attached hydrogens (tertiary/aromatic N) is 1. The third kappa shape index (κ3) is 3.60. The highest BCUT2D eigenvalue weighted by molar-refractivity contribution is 5.76. The molecule has 0 saturated carbocycles. The van der Waals surface area contributed by atoms with Crippen LogP contribution >= 0.6 is 0 Å². The van der Waals surface area contributed by atoms with Gasteiger partial charge in [0.1, 0.15) is 5.75 Å². The SMILES string of the molecule is COc1ccccc1CCC(=O)NCc1cn[nH]c1C. The van der Waals surface area contributed by atoms with Gasteiger partial charge in [-0.05, 0) is 25.0 Å². The second-order valence-corrected chi connectivity index (χ2v) is 4.61. The fraction of sp³-hybridized carbons (Fsp3) is 0.333. The number of amides is 1. The Labute approximate surface area is 118 Å². The number of aromatic amines is 1. The topological polar surface area (TPSA) is 67.0 Å². The van der Waals surface area contributed by atoms with E-state index in [9.17, 15) is 4.79 Å². The molecule has 0 atom stereocenters. The number of nitrogens with one attached hydrogen (secondary N) is 2. The second kappa shape index (κ2) is 6.75. The number of hydrogen-bond acceptors (Lipinski definition) is 3. The van der Waals surface area contributed by atoms with Crippen LogP contribution in [0.5, 0.6) is 5.75 Å². The number of benzene rings is 1. The smallest absolute Gasteiger partial charge is 0.220 e. The summed E-state index contributed by atoms with van der Waals surface area (Å²) in [7, 11) is 1.64. The zero-order chi connectivity index (χ0) is 14.4. The molecule has 0 aliphatic heterocycles. The van der Waals surface area contributed by atoms with Crippen LogP contribution in [0.2, 0.25) is 0 Å². The first kappa shape index (κ1) is 14.1. The van der Waals surface area contributed by atoms with Crippen molar-refractivity contribution in [3.05, 3.63) is 47.3 Å². The van der Waals surface area contributed by atoms with E-state index >= 15 is 0 Å². The van der Waals surface area contributed by atoms with Crippen LogP contribution in [0.15, 0.2) is 30.5 Å². The van der Waals surface area contributed by atoms with Crippen LogP contribution in [-0.2, 0) is 17.8 Å². The quantitative estimate of drug-likeness (QED) is 0.845. The van der Waals surface area contributed by atoms with Gasteiger partial charge in [0, 0.05) is 24.2 Å². The number of para-hydroxylation sites is 1. The van der Waals surface area contributed by atoms with Crippen molar-refractivity contribution in [3.8, 4) is 5.75 Å². The largest absolute Gasteiger partial charge is 0.496 e. The lowest BCUT2D eigenvalue weighted by molar-refractivity contribution is -0.121. The average Bonchev–Trinajstić information content (AvgIpc) is 2.88. The van der Waals surface area contributed by atoms with E-state index in [-0.39, 0.29) is 5.91 Å². The van der Waals surface area contributed by atoms with Gasteiger partial charge >= 0.3 is 0 Å². The van der Waals surface area contributed by atoms with Crippen LogP contribution in [0.1, 0.15) is 23.2 Å². The second-order valence-electron chi connectivity index (χ2n) is 4.61. The number of carbonyl (C=O) groups is 1. The molecule has 2 aromatic rings. The van der Waals surface area contributed by atoms with Crippen LogP contribution < -0.4 is 10.1 Å². The van der Waals surface area contributed by atoms with Gasteiger partial charge in [-0.3, -0.25) is 9.89 Å². The summed E-state index contributed by atoms with van der Waals surface area (Å²) in [4.78, 5) is 11.8. The molecule has 0 aliphatic carbocycles. The maximum atomic E-state index is 11.8. The minimum absolute atomic E-state index is 0.0245. The summed E-state index contributed by atoms with van der Waals surface area (Å²) in [6.45, 7) is 2.44. The Balaban J connectivity index is 1.82. The summed E-state index contributed by atoms with van der Waals surface area (Å²) in [5, 5.41) is 9.66. The van der Waals surface area contributed by atoms with E-state index in [4.69, 9.17) is 4.74 Å². The van der Waals surface area contributed by atoms with Gasteiger partial charge in [-0.15, -0.1) is 0 Å². The molecule has 1 aromatic heterocycles. The van der Waals surface area contributed by atoms with Crippen molar-refractivity contribution in [3.63, 3.8) is 0 Å². The predicted octanol–water partition coefficient (Wildman–Crippen LogP) is 1.98. The lowest BCUT2D eigenvalue weighted by atomic mass is 10.1. The highest BCUT2D eigenvalue weighted by Gasteiger charge is 2.07. The highest BCUT2D eigenvalue weighted by Crippen LogP contribution is 2.18. The molecule has 0 radical (unpaired) electrons. The van der Waals surface area contributed by atoms with E-state index in [2.05, 4.69) is 15.5 Å². The Morgan fingerprint density at radius 1 is 1.35 bits per heavy atom. The Kier molecular flexibility index (Phi) is 4.76. The van der Waals surface area contributed by atoms with Gasteiger partial charge in [-0.2, -0.15) is 5.10 Å². The lowest BCUT2D eigenvalue weighted by Crippen LogP contribution is -2.23. The molecule has 5 heteroatoms. The molecule has 20 heavy (non-hydrogen) atoms. The maximum absolute atomic E-state index is 11.8. The normalized spacial score (nSPS) is 10.3. The summed E-state index contributed by atoms with van der Waals surface area (Å²) < 4.78 is 5.27. The van der Waals surface area contributed by atoms with Crippen molar-refractivity contribution in [2.45, 2.75) is 26.3 Å². The van der Waals surface area contributed by atoms with E-state index in [1.54, 1.807) is 13.3 Å². The molecule has 0 aliphatic rings. The molecular weight excluding hydrogens is 254 g/mol. The van der Waals surface area contributed by atoms with Gasteiger partial charge in [0.2, 0.25) is 5.91 Å². The molecular formula is C15H19N3O2. The summed E-state index contributed by atoms with van der Waals surface area (Å²) in [5.74, 6) is 0.850. The summed E-state index contributed by atoms with van der Waals surface area (Å²) >= 11 is 0. The molecule has 0 spiro atoms. The average molecular weight is 273 g/mol. The number of carbonyl (C=O) groups excluding carboxylic acids is 1. The Morgan fingerprint density at radius 3 is 2.85 bits per heavy atom. The summed E-state index contributed by atoms with van der Waals surface area (Å²) in [6, 6.07) is 7.75. The molecule has 1 heterocycles. The van der Waals surface area contributed by atoms with Gasteiger partial charge in [0.05, 0.1) is 13.3 Å². The Hall–Kier alpha value is -2.30.